The molecule has 0 aliphatic heterocycles. The SMILES string of the molecule is COc1cccc(-c2nc(-c3ccc(C#N)cc3)cs2)c1OC. The lowest BCUT2D eigenvalue weighted by Gasteiger charge is -2.10. The summed E-state index contributed by atoms with van der Waals surface area (Å²) in [6.45, 7) is 0. The van der Waals surface area contributed by atoms with Gasteiger partial charge in [-0.3, -0.25) is 0 Å². The Kier molecular flexibility index (Phi) is 4.26. The van der Waals surface area contributed by atoms with Gasteiger partial charge in [0.2, 0.25) is 0 Å². The normalized spacial score (nSPS) is 10.1. The quantitative estimate of drug-likeness (QED) is 0.716. The summed E-state index contributed by atoms with van der Waals surface area (Å²) in [7, 11) is 3.24. The minimum Gasteiger partial charge on any atom is -0.493 e. The van der Waals surface area contributed by atoms with Gasteiger partial charge in [-0.2, -0.15) is 5.26 Å². The molecule has 0 aliphatic rings. The minimum absolute atomic E-state index is 0.638. The molecule has 0 saturated heterocycles. The number of benzene rings is 2. The van der Waals surface area contributed by atoms with E-state index in [1.165, 1.54) is 0 Å². The van der Waals surface area contributed by atoms with Crippen molar-refractivity contribution in [2.75, 3.05) is 14.2 Å². The number of rotatable bonds is 4. The first-order valence-corrected chi connectivity index (χ1v) is 7.82. The highest BCUT2D eigenvalue weighted by molar-refractivity contribution is 7.13. The molecule has 1 aromatic heterocycles. The molecule has 23 heavy (non-hydrogen) atoms. The Balaban J connectivity index is 2.00. The number of nitrogens with zero attached hydrogens (tertiary/aromatic N) is 2. The highest BCUT2D eigenvalue weighted by Gasteiger charge is 2.15. The standard InChI is InChI=1S/C18H14N2O2S/c1-21-16-5-3-4-14(17(16)22-2)18-20-15(11-23-18)13-8-6-12(10-19)7-9-13/h3-9,11H,1-2H3. The fourth-order valence-corrected chi connectivity index (χ4v) is 3.15. The Morgan fingerprint density at radius 3 is 2.48 bits per heavy atom. The molecule has 0 aliphatic carbocycles. The molecule has 0 radical (unpaired) electrons. The van der Waals surface area contributed by atoms with Crippen LogP contribution in [0.1, 0.15) is 5.56 Å². The van der Waals surface area contributed by atoms with E-state index in [0.29, 0.717) is 17.1 Å². The number of methoxy groups -OCH3 is 2. The molecule has 3 rings (SSSR count). The average Bonchev–Trinajstić information content (AvgIpc) is 3.10. The van der Waals surface area contributed by atoms with Crippen molar-refractivity contribution in [1.29, 1.82) is 5.26 Å². The van der Waals surface area contributed by atoms with Crippen molar-refractivity contribution in [2.45, 2.75) is 0 Å². The maximum Gasteiger partial charge on any atom is 0.170 e. The highest BCUT2D eigenvalue weighted by Crippen LogP contribution is 2.40. The van der Waals surface area contributed by atoms with Crippen LogP contribution in [0.5, 0.6) is 11.5 Å². The number of nitriles is 1. The van der Waals surface area contributed by atoms with Crippen molar-refractivity contribution in [3.8, 4) is 39.4 Å². The Labute approximate surface area is 138 Å². The molecule has 0 fully saturated rings. The second-order valence-electron chi connectivity index (χ2n) is 4.77. The molecule has 0 saturated carbocycles. The van der Waals surface area contributed by atoms with Crippen LogP contribution in [0.2, 0.25) is 0 Å². The van der Waals surface area contributed by atoms with Crippen LogP contribution in [0.3, 0.4) is 0 Å². The summed E-state index contributed by atoms with van der Waals surface area (Å²) >= 11 is 1.54. The molecule has 2 aromatic carbocycles. The molecule has 0 unspecified atom stereocenters. The lowest BCUT2D eigenvalue weighted by atomic mass is 10.1. The van der Waals surface area contributed by atoms with Crippen LogP contribution >= 0.6 is 11.3 Å². The first-order valence-electron chi connectivity index (χ1n) is 6.94. The van der Waals surface area contributed by atoms with Gasteiger partial charge in [0.25, 0.3) is 0 Å². The Morgan fingerprint density at radius 1 is 1.04 bits per heavy atom. The van der Waals surface area contributed by atoms with Crippen LogP contribution < -0.4 is 9.47 Å². The Bertz CT molecular complexity index is 863. The highest BCUT2D eigenvalue weighted by atomic mass is 32.1. The van der Waals surface area contributed by atoms with E-state index in [1.54, 1.807) is 37.7 Å². The van der Waals surface area contributed by atoms with E-state index in [-0.39, 0.29) is 0 Å². The van der Waals surface area contributed by atoms with E-state index in [4.69, 9.17) is 19.7 Å². The maximum atomic E-state index is 8.87. The van der Waals surface area contributed by atoms with Crippen molar-refractivity contribution < 1.29 is 9.47 Å². The maximum absolute atomic E-state index is 8.87. The van der Waals surface area contributed by atoms with Gasteiger partial charge in [0.15, 0.2) is 11.5 Å². The molecule has 5 heteroatoms. The third kappa shape index (κ3) is 2.89. The van der Waals surface area contributed by atoms with E-state index in [1.807, 2.05) is 35.7 Å². The summed E-state index contributed by atoms with van der Waals surface area (Å²) in [5.74, 6) is 1.36. The van der Waals surface area contributed by atoms with Crippen molar-refractivity contribution in [3.63, 3.8) is 0 Å². The number of aromatic nitrogens is 1. The Morgan fingerprint density at radius 2 is 1.83 bits per heavy atom. The number of hydrogen-bond donors (Lipinski definition) is 0. The van der Waals surface area contributed by atoms with Gasteiger partial charge in [0, 0.05) is 10.9 Å². The second kappa shape index (κ2) is 6.51. The van der Waals surface area contributed by atoms with Crippen LogP contribution in [0.4, 0.5) is 0 Å². The number of thiazole rings is 1. The van der Waals surface area contributed by atoms with Gasteiger partial charge < -0.3 is 9.47 Å². The largest absolute Gasteiger partial charge is 0.493 e. The van der Waals surface area contributed by atoms with E-state index >= 15 is 0 Å². The molecule has 3 aromatic rings. The molecule has 0 amide bonds. The third-order valence-corrected chi connectivity index (χ3v) is 4.32. The van der Waals surface area contributed by atoms with E-state index in [2.05, 4.69) is 6.07 Å². The molecule has 0 bridgehead atoms. The summed E-state index contributed by atoms with van der Waals surface area (Å²) in [6, 6.07) is 15.2. The number of para-hydroxylation sites is 1. The predicted octanol–water partition coefficient (Wildman–Crippen LogP) is 4.37. The third-order valence-electron chi connectivity index (χ3n) is 3.45. The summed E-state index contributed by atoms with van der Waals surface area (Å²) in [5.41, 5.74) is 3.39. The van der Waals surface area contributed by atoms with Crippen LogP contribution in [-0.4, -0.2) is 19.2 Å². The van der Waals surface area contributed by atoms with Gasteiger partial charge in [0.1, 0.15) is 5.01 Å². The van der Waals surface area contributed by atoms with Crippen molar-refractivity contribution in [1.82, 2.24) is 4.98 Å². The lowest BCUT2D eigenvalue weighted by Crippen LogP contribution is -1.92. The van der Waals surface area contributed by atoms with Gasteiger partial charge in [0.05, 0.1) is 37.1 Å². The van der Waals surface area contributed by atoms with Crippen LogP contribution in [0, 0.1) is 11.3 Å². The molecular formula is C18H14N2O2S. The average molecular weight is 322 g/mol. The molecular weight excluding hydrogens is 308 g/mol. The second-order valence-corrected chi connectivity index (χ2v) is 5.63. The van der Waals surface area contributed by atoms with Gasteiger partial charge in [-0.15, -0.1) is 11.3 Å². The zero-order chi connectivity index (χ0) is 16.2. The van der Waals surface area contributed by atoms with E-state index in [9.17, 15) is 0 Å². The summed E-state index contributed by atoms with van der Waals surface area (Å²) in [4.78, 5) is 4.69. The first-order chi connectivity index (χ1) is 11.3. The molecule has 1 heterocycles. The van der Waals surface area contributed by atoms with Gasteiger partial charge in [-0.05, 0) is 24.3 Å². The first kappa shape index (κ1) is 15.1. The van der Waals surface area contributed by atoms with Gasteiger partial charge >= 0.3 is 0 Å². The van der Waals surface area contributed by atoms with E-state index < -0.39 is 0 Å². The summed E-state index contributed by atoms with van der Waals surface area (Å²) < 4.78 is 10.8. The van der Waals surface area contributed by atoms with Gasteiger partial charge in [-0.1, -0.05) is 18.2 Å². The smallest absolute Gasteiger partial charge is 0.170 e. The molecule has 114 valence electrons. The number of ether oxygens (including phenoxy) is 2. The fraction of sp³-hybridized carbons (Fsp3) is 0.111. The van der Waals surface area contributed by atoms with Crippen molar-refractivity contribution >= 4 is 11.3 Å². The minimum atomic E-state index is 0.638. The van der Waals surface area contributed by atoms with Crippen molar-refractivity contribution in [2.24, 2.45) is 0 Å². The van der Waals surface area contributed by atoms with Crippen LogP contribution in [0.25, 0.3) is 21.8 Å². The topological polar surface area (TPSA) is 55.1 Å². The molecule has 4 nitrogen and oxygen atoms in total. The summed E-state index contributed by atoms with van der Waals surface area (Å²) in [5, 5.41) is 11.7. The Hall–Kier alpha value is -2.84. The lowest BCUT2D eigenvalue weighted by molar-refractivity contribution is 0.356. The monoisotopic (exact) mass is 322 g/mol. The summed E-state index contributed by atoms with van der Waals surface area (Å²) in [6.07, 6.45) is 0. The van der Waals surface area contributed by atoms with E-state index in [0.717, 1.165) is 21.8 Å². The zero-order valence-corrected chi connectivity index (χ0v) is 13.6. The fourth-order valence-electron chi connectivity index (χ4n) is 2.30. The van der Waals surface area contributed by atoms with Crippen LogP contribution in [-0.2, 0) is 0 Å². The van der Waals surface area contributed by atoms with Crippen molar-refractivity contribution in [3.05, 3.63) is 53.4 Å². The predicted molar refractivity (Wildman–Crippen MR) is 90.8 cm³/mol. The molecule has 0 atom stereocenters. The molecule has 0 spiro atoms. The molecule has 0 N–H and O–H groups in total. The number of hydrogen-bond acceptors (Lipinski definition) is 5. The van der Waals surface area contributed by atoms with Crippen LogP contribution in [0.15, 0.2) is 47.8 Å². The zero-order valence-electron chi connectivity index (χ0n) is 12.7. The van der Waals surface area contributed by atoms with Gasteiger partial charge in [-0.25, -0.2) is 4.98 Å².